The third-order valence-electron chi connectivity index (χ3n) is 3.47. The van der Waals surface area contributed by atoms with Crippen molar-refractivity contribution in [3.8, 4) is 0 Å². The van der Waals surface area contributed by atoms with Crippen LogP contribution in [0, 0.1) is 6.92 Å². The molecule has 1 saturated heterocycles. The Balaban J connectivity index is 2.36. The van der Waals surface area contributed by atoms with Gasteiger partial charge in [0.15, 0.2) is 0 Å². The summed E-state index contributed by atoms with van der Waals surface area (Å²) in [6.07, 6.45) is -0.0737. The van der Waals surface area contributed by atoms with Gasteiger partial charge in [-0.15, -0.1) is 0 Å². The minimum Gasteiger partial charge on any atom is -0.391 e. The van der Waals surface area contributed by atoms with Gasteiger partial charge in [-0.3, -0.25) is 0 Å². The van der Waals surface area contributed by atoms with Crippen molar-refractivity contribution in [2.24, 2.45) is 0 Å². The van der Waals surface area contributed by atoms with E-state index in [0.717, 1.165) is 5.56 Å². The van der Waals surface area contributed by atoms with E-state index < -0.39 is 16.1 Å². The van der Waals surface area contributed by atoms with E-state index in [1.165, 1.54) is 4.31 Å². The van der Waals surface area contributed by atoms with Gasteiger partial charge >= 0.3 is 0 Å². The number of alkyl halides is 1. The minimum atomic E-state index is -3.51. The summed E-state index contributed by atoms with van der Waals surface area (Å²) in [5.74, 6) is 0. The topological polar surface area (TPSA) is 57.6 Å². The van der Waals surface area contributed by atoms with Crippen LogP contribution < -0.4 is 0 Å². The van der Waals surface area contributed by atoms with E-state index in [1.807, 2.05) is 13.8 Å². The maximum Gasteiger partial charge on any atom is 0.243 e. The zero-order chi connectivity index (χ0) is 14.2. The summed E-state index contributed by atoms with van der Waals surface area (Å²) in [5.41, 5.74) is 1.03. The minimum absolute atomic E-state index is 0.0651. The van der Waals surface area contributed by atoms with Crippen molar-refractivity contribution in [1.29, 1.82) is 0 Å². The summed E-state index contributed by atoms with van der Waals surface area (Å²) in [6, 6.07) is 6.50. The lowest BCUT2D eigenvalue weighted by Gasteiger charge is -2.27. The molecule has 0 aliphatic carbocycles. The van der Waals surface area contributed by atoms with Gasteiger partial charge in [-0.25, -0.2) is 8.42 Å². The van der Waals surface area contributed by atoms with Gasteiger partial charge in [-0.1, -0.05) is 47.2 Å². The van der Waals surface area contributed by atoms with Gasteiger partial charge in [0, 0.05) is 10.5 Å². The van der Waals surface area contributed by atoms with Gasteiger partial charge in [0.1, 0.15) is 0 Å². The molecule has 2 rings (SSSR count). The maximum atomic E-state index is 12.6. The lowest BCUT2D eigenvalue weighted by Crippen LogP contribution is -2.44. The normalized spacial score (nSPS) is 26.5. The summed E-state index contributed by atoms with van der Waals surface area (Å²) >= 11 is 2.17. The molecule has 0 amide bonds. The first-order valence-corrected chi connectivity index (χ1v) is 8.93. The van der Waals surface area contributed by atoms with Crippen LogP contribution in [0.4, 0.5) is 0 Å². The highest BCUT2D eigenvalue weighted by atomic mass is 127. The summed E-state index contributed by atoms with van der Waals surface area (Å²) in [5, 5.41) is 9.97. The van der Waals surface area contributed by atoms with E-state index in [1.54, 1.807) is 24.3 Å². The molecule has 0 spiro atoms. The van der Waals surface area contributed by atoms with Crippen LogP contribution in [0.3, 0.4) is 0 Å². The molecule has 4 nitrogen and oxygen atoms in total. The number of hydrogen-bond donors (Lipinski definition) is 1. The average molecular weight is 395 g/mol. The Morgan fingerprint density at radius 2 is 1.95 bits per heavy atom. The average Bonchev–Trinajstić information content (AvgIpc) is 2.72. The Kier molecular flexibility index (Phi) is 4.54. The van der Waals surface area contributed by atoms with Crippen molar-refractivity contribution >= 4 is 32.6 Å². The first-order chi connectivity index (χ1) is 8.84. The maximum absolute atomic E-state index is 12.6. The smallest absolute Gasteiger partial charge is 0.243 e. The molecule has 0 radical (unpaired) electrons. The summed E-state index contributed by atoms with van der Waals surface area (Å²) < 4.78 is 26.7. The molecular formula is C13H18INO3S. The second-order valence-electron chi connectivity index (χ2n) is 4.95. The van der Waals surface area contributed by atoms with Crippen molar-refractivity contribution in [3.63, 3.8) is 0 Å². The van der Waals surface area contributed by atoms with E-state index in [0.29, 0.717) is 17.9 Å². The van der Waals surface area contributed by atoms with E-state index in [2.05, 4.69) is 22.6 Å². The molecule has 1 heterocycles. The molecule has 1 aromatic rings. The van der Waals surface area contributed by atoms with Crippen LogP contribution in [0.5, 0.6) is 0 Å². The van der Waals surface area contributed by atoms with E-state index in [-0.39, 0.29) is 9.97 Å². The number of sulfonamides is 1. The van der Waals surface area contributed by atoms with Gasteiger partial charge < -0.3 is 5.11 Å². The number of rotatable bonds is 3. The Morgan fingerprint density at radius 1 is 1.37 bits per heavy atom. The number of aliphatic hydroxyl groups is 1. The van der Waals surface area contributed by atoms with Crippen molar-refractivity contribution in [3.05, 3.63) is 29.8 Å². The Bertz CT molecular complexity index is 542. The number of benzene rings is 1. The van der Waals surface area contributed by atoms with Crippen LogP contribution in [0.2, 0.25) is 0 Å². The fourth-order valence-corrected chi connectivity index (χ4v) is 5.26. The van der Waals surface area contributed by atoms with Gasteiger partial charge in [-0.05, 0) is 25.5 Å². The van der Waals surface area contributed by atoms with Crippen LogP contribution in [-0.4, -0.2) is 40.4 Å². The number of aryl methyl sites for hydroxylation is 1. The number of aliphatic hydroxyl groups excluding tert-OH is 1. The Morgan fingerprint density at radius 3 is 2.47 bits per heavy atom. The van der Waals surface area contributed by atoms with Crippen molar-refractivity contribution in [2.45, 2.75) is 41.2 Å². The van der Waals surface area contributed by atoms with Gasteiger partial charge in [0.2, 0.25) is 10.0 Å². The molecule has 1 aromatic carbocycles. The third kappa shape index (κ3) is 2.96. The first kappa shape index (κ1) is 15.2. The largest absolute Gasteiger partial charge is 0.391 e. The molecule has 106 valence electrons. The first-order valence-electron chi connectivity index (χ1n) is 6.24. The fourth-order valence-electron chi connectivity index (χ4n) is 2.43. The number of hydrogen-bond acceptors (Lipinski definition) is 3. The SMILES string of the molecule is Cc1ccc(S(=O)(=O)N2CCC(O)C2C(C)I)cc1. The highest BCUT2D eigenvalue weighted by Crippen LogP contribution is 2.30. The van der Waals surface area contributed by atoms with Gasteiger partial charge in [0.25, 0.3) is 0 Å². The molecule has 1 N–H and O–H groups in total. The second kappa shape index (κ2) is 5.67. The molecule has 0 bridgehead atoms. The molecular weight excluding hydrogens is 377 g/mol. The third-order valence-corrected chi connectivity index (χ3v) is 6.12. The highest BCUT2D eigenvalue weighted by molar-refractivity contribution is 14.1. The Hall–Kier alpha value is -0.180. The van der Waals surface area contributed by atoms with Gasteiger partial charge in [0.05, 0.1) is 17.0 Å². The zero-order valence-electron chi connectivity index (χ0n) is 11.0. The molecule has 3 atom stereocenters. The lowest BCUT2D eigenvalue weighted by atomic mass is 10.1. The van der Waals surface area contributed by atoms with Crippen LogP contribution >= 0.6 is 22.6 Å². The Labute approximate surface area is 128 Å². The predicted molar refractivity (Wildman–Crippen MR) is 83.0 cm³/mol. The number of nitrogens with zero attached hydrogens (tertiary/aromatic N) is 1. The molecule has 1 fully saturated rings. The molecule has 0 saturated carbocycles. The standard InChI is InChI=1S/C13H18INO3S/c1-9-3-5-11(6-4-9)19(17,18)15-8-7-12(16)13(15)10(2)14/h3-6,10,12-13,16H,7-8H2,1-2H3. The molecule has 0 aromatic heterocycles. The second-order valence-corrected chi connectivity index (χ2v) is 8.81. The van der Waals surface area contributed by atoms with Crippen LogP contribution in [0.1, 0.15) is 18.9 Å². The molecule has 1 aliphatic heterocycles. The van der Waals surface area contributed by atoms with Crippen molar-refractivity contribution in [1.82, 2.24) is 4.31 Å². The molecule has 6 heteroatoms. The summed E-state index contributed by atoms with van der Waals surface area (Å²) in [4.78, 5) is 0.300. The van der Waals surface area contributed by atoms with E-state index in [9.17, 15) is 13.5 Å². The summed E-state index contributed by atoms with van der Waals surface area (Å²) in [6.45, 7) is 4.23. The molecule has 1 aliphatic rings. The van der Waals surface area contributed by atoms with Crippen LogP contribution in [0.25, 0.3) is 0 Å². The molecule has 19 heavy (non-hydrogen) atoms. The van der Waals surface area contributed by atoms with Crippen LogP contribution in [-0.2, 0) is 10.0 Å². The number of halogens is 1. The van der Waals surface area contributed by atoms with Crippen molar-refractivity contribution in [2.75, 3.05) is 6.54 Å². The monoisotopic (exact) mass is 395 g/mol. The van der Waals surface area contributed by atoms with Crippen LogP contribution in [0.15, 0.2) is 29.2 Å². The van der Waals surface area contributed by atoms with E-state index >= 15 is 0 Å². The highest BCUT2D eigenvalue weighted by Gasteiger charge is 2.42. The van der Waals surface area contributed by atoms with Gasteiger partial charge in [-0.2, -0.15) is 4.31 Å². The summed E-state index contributed by atoms with van der Waals surface area (Å²) in [7, 11) is -3.51. The van der Waals surface area contributed by atoms with Crippen molar-refractivity contribution < 1.29 is 13.5 Å². The zero-order valence-corrected chi connectivity index (χ0v) is 13.9. The lowest BCUT2D eigenvalue weighted by molar-refractivity contribution is 0.144. The molecule has 3 unspecified atom stereocenters. The quantitative estimate of drug-likeness (QED) is 0.629. The fraction of sp³-hybridized carbons (Fsp3) is 0.538. The van der Waals surface area contributed by atoms with E-state index in [4.69, 9.17) is 0 Å². The predicted octanol–water partition coefficient (Wildman–Crippen LogP) is 1.94.